The number of rotatable bonds is 1. The highest BCUT2D eigenvalue weighted by Crippen LogP contribution is 2.51. The summed E-state index contributed by atoms with van der Waals surface area (Å²) in [5.41, 5.74) is -5.25. The molecular weight excluding hydrogens is 324 g/mol. The molecule has 126 valence electrons. The van der Waals surface area contributed by atoms with E-state index in [-0.39, 0.29) is 11.8 Å². The normalized spacial score (nSPS) is 24.1. The van der Waals surface area contributed by atoms with E-state index in [1.54, 1.807) is 6.08 Å². The molecule has 0 radical (unpaired) electrons. The molecule has 1 aliphatic heterocycles. The van der Waals surface area contributed by atoms with Crippen molar-refractivity contribution in [1.82, 2.24) is 0 Å². The van der Waals surface area contributed by atoms with E-state index in [2.05, 4.69) is 5.32 Å². The summed E-state index contributed by atoms with van der Waals surface area (Å²) in [4.78, 5) is 0. The first kappa shape index (κ1) is 16.2. The maximum Gasteiger partial charge on any atom is 0.430 e. The molecule has 3 rings (SSSR count). The number of aliphatic hydroxyl groups is 1. The molecule has 2 N–H and O–H groups in total. The standard InChI is InChI=1S/C15H13F6NO/c16-14(17,18)13(23,15(19,20)21)9-4-5-12-11(6-9)10-3-1-2-8(10)7-22-12/h1,3-6,8,10,22-23H,2,7H2. The van der Waals surface area contributed by atoms with Gasteiger partial charge in [-0.1, -0.05) is 18.2 Å². The fourth-order valence-electron chi connectivity index (χ4n) is 3.23. The van der Waals surface area contributed by atoms with Crippen molar-refractivity contribution in [1.29, 1.82) is 0 Å². The van der Waals surface area contributed by atoms with Gasteiger partial charge in [0, 0.05) is 23.7 Å². The lowest BCUT2D eigenvalue weighted by atomic mass is 9.81. The van der Waals surface area contributed by atoms with Gasteiger partial charge in [-0.05, 0) is 30.0 Å². The Balaban J connectivity index is 2.14. The predicted octanol–water partition coefficient (Wildman–Crippen LogP) is 4.08. The van der Waals surface area contributed by atoms with Gasteiger partial charge < -0.3 is 10.4 Å². The van der Waals surface area contributed by atoms with Crippen molar-refractivity contribution in [2.45, 2.75) is 30.3 Å². The molecule has 23 heavy (non-hydrogen) atoms. The molecule has 1 heterocycles. The van der Waals surface area contributed by atoms with E-state index in [9.17, 15) is 31.4 Å². The van der Waals surface area contributed by atoms with Crippen molar-refractivity contribution in [3.63, 3.8) is 0 Å². The molecule has 0 saturated heterocycles. The molecule has 0 bridgehead atoms. The van der Waals surface area contributed by atoms with E-state index in [1.807, 2.05) is 6.08 Å². The smallest absolute Gasteiger partial charge is 0.384 e. The number of halogens is 6. The van der Waals surface area contributed by atoms with Gasteiger partial charge in [0.25, 0.3) is 5.60 Å². The summed E-state index contributed by atoms with van der Waals surface area (Å²) in [6, 6.07) is 2.65. The molecule has 2 unspecified atom stereocenters. The predicted molar refractivity (Wildman–Crippen MR) is 70.9 cm³/mol. The second kappa shape index (κ2) is 4.90. The first-order valence-electron chi connectivity index (χ1n) is 6.96. The van der Waals surface area contributed by atoms with Crippen LogP contribution in [0.1, 0.15) is 23.5 Å². The molecule has 1 aromatic carbocycles. The topological polar surface area (TPSA) is 32.3 Å². The van der Waals surface area contributed by atoms with E-state index >= 15 is 0 Å². The van der Waals surface area contributed by atoms with Crippen molar-refractivity contribution in [2.75, 3.05) is 11.9 Å². The Morgan fingerprint density at radius 1 is 1.04 bits per heavy atom. The van der Waals surface area contributed by atoms with Gasteiger partial charge in [0.05, 0.1) is 0 Å². The van der Waals surface area contributed by atoms with Crippen molar-refractivity contribution >= 4 is 5.69 Å². The maximum absolute atomic E-state index is 13.0. The minimum absolute atomic E-state index is 0.0996. The number of anilines is 1. The number of allylic oxidation sites excluding steroid dienone is 2. The van der Waals surface area contributed by atoms with Crippen LogP contribution in [-0.2, 0) is 5.60 Å². The summed E-state index contributed by atoms with van der Waals surface area (Å²) in [5.74, 6) is -0.139. The molecule has 2 aliphatic rings. The third-order valence-electron chi connectivity index (χ3n) is 4.49. The van der Waals surface area contributed by atoms with Gasteiger partial charge in [-0.2, -0.15) is 26.3 Å². The molecule has 0 fully saturated rings. The maximum atomic E-state index is 13.0. The van der Waals surface area contributed by atoms with Crippen LogP contribution in [-0.4, -0.2) is 24.0 Å². The van der Waals surface area contributed by atoms with Crippen LogP contribution in [0.4, 0.5) is 32.0 Å². The summed E-state index contributed by atoms with van der Waals surface area (Å²) in [5, 5.41) is 12.5. The first-order chi connectivity index (χ1) is 10.6. The van der Waals surface area contributed by atoms with E-state index < -0.39 is 23.5 Å². The monoisotopic (exact) mass is 337 g/mol. The van der Waals surface area contributed by atoms with Crippen LogP contribution in [0.5, 0.6) is 0 Å². The summed E-state index contributed by atoms with van der Waals surface area (Å²) in [6.45, 7) is 0.604. The summed E-state index contributed by atoms with van der Waals surface area (Å²) < 4.78 is 77.9. The fraction of sp³-hybridized carbons (Fsp3) is 0.467. The van der Waals surface area contributed by atoms with Gasteiger partial charge in [-0.15, -0.1) is 0 Å². The molecular formula is C15H13F6NO. The lowest BCUT2D eigenvalue weighted by molar-refractivity contribution is -0.376. The Morgan fingerprint density at radius 3 is 2.30 bits per heavy atom. The lowest BCUT2D eigenvalue weighted by Crippen LogP contribution is -2.54. The zero-order valence-electron chi connectivity index (χ0n) is 11.7. The Morgan fingerprint density at radius 2 is 1.70 bits per heavy atom. The number of hydrogen-bond acceptors (Lipinski definition) is 2. The largest absolute Gasteiger partial charge is 0.430 e. The highest BCUT2D eigenvalue weighted by Gasteiger charge is 2.71. The minimum atomic E-state index is -5.87. The highest BCUT2D eigenvalue weighted by atomic mass is 19.4. The second-order valence-corrected chi connectivity index (χ2v) is 5.84. The zero-order valence-corrected chi connectivity index (χ0v) is 11.7. The van der Waals surface area contributed by atoms with Crippen molar-refractivity contribution in [2.24, 2.45) is 5.92 Å². The molecule has 0 aromatic heterocycles. The lowest BCUT2D eigenvalue weighted by Gasteiger charge is -2.35. The van der Waals surface area contributed by atoms with Gasteiger partial charge in [-0.3, -0.25) is 0 Å². The average molecular weight is 337 g/mol. The average Bonchev–Trinajstić information content (AvgIpc) is 2.92. The van der Waals surface area contributed by atoms with Gasteiger partial charge in [0.1, 0.15) is 0 Å². The molecule has 1 aliphatic carbocycles. The molecule has 1 aromatic rings. The van der Waals surface area contributed by atoms with Crippen LogP contribution in [0.2, 0.25) is 0 Å². The van der Waals surface area contributed by atoms with Crippen LogP contribution in [0.25, 0.3) is 0 Å². The van der Waals surface area contributed by atoms with E-state index in [0.717, 1.165) is 12.1 Å². The Bertz CT molecular complexity index is 634. The first-order valence-corrected chi connectivity index (χ1v) is 6.96. The Labute approximate surface area is 127 Å². The molecule has 0 amide bonds. The van der Waals surface area contributed by atoms with Crippen molar-refractivity contribution in [3.05, 3.63) is 41.5 Å². The number of alkyl halides is 6. The minimum Gasteiger partial charge on any atom is -0.384 e. The van der Waals surface area contributed by atoms with Crippen LogP contribution >= 0.6 is 0 Å². The number of benzene rings is 1. The molecule has 0 saturated carbocycles. The van der Waals surface area contributed by atoms with Crippen molar-refractivity contribution in [3.8, 4) is 0 Å². The highest BCUT2D eigenvalue weighted by molar-refractivity contribution is 5.59. The van der Waals surface area contributed by atoms with Crippen molar-refractivity contribution < 1.29 is 31.4 Å². The van der Waals surface area contributed by atoms with E-state index in [4.69, 9.17) is 0 Å². The van der Waals surface area contributed by atoms with Gasteiger partial charge in [-0.25, -0.2) is 0 Å². The number of fused-ring (bicyclic) bond motifs is 3. The van der Waals surface area contributed by atoms with Crippen LogP contribution in [0, 0.1) is 5.92 Å². The zero-order chi connectivity index (χ0) is 17.0. The molecule has 0 spiro atoms. The van der Waals surface area contributed by atoms with Gasteiger partial charge in [0.2, 0.25) is 0 Å². The van der Waals surface area contributed by atoms with Crippen LogP contribution in [0.15, 0.2) is 30.4 Å². The fourth-order valence-corrected chi connectivity index (χ4v) is 3.23. The molecule has 8 heteroatoms. The summed E-state index contributed by atoms with van der Waals surface area (Å²) >= 11 is 0. The van der Waals surface area contributed by atoms with Gasteiger partial charge in [0.15, 0.2) is 0 Å². The van der Waals surface area contributed by atoms with Crippen LogP contribution < -0.4 is 5.32 Å². The van der Waals surface area contributed by atoms with E-state index in [1.165, 1.54) is 0 Å². The summed E-state index contributed by atoms with van der Waals surface area (Å²) in [6.07, 6.45) is -7.38. The molecule has 2 atom stereocenters. The third kappa shape index (κ3) is 2.31. The van der Waals surface area contributed by atoms with Gasteiger partial charge >= 0.3 is 12.4 Å². The third-order valence-corrected chi connectivity index (χ3v) is 4.49. The Kier molecular flexibility index (Phi) is 3.44. The van der Waals surface area contributed by atoms with Crippen LogP contribution in [0.3, 0.4) is 0 Å². The SMILES string of the molecule is OC(c1ccc2c(c1)C1C=CCC1CN2)(C(F)(F)F)C(F)(F)F. The molecule has 2 nitrogen and oxygen atoms in total. The second-order valence-electron chi connectivity index (χ2n) is 5.84. The number of hydrogen-bond donors (Lipinski definition) is 2. The number of nitrogens with one attached hydrogen (secondary N) is 1. The quantitative estimate of drug-likeness (QED) is 0.598. The van der Waals surface area contributed by atoms with E-state index in [0.29, 0.717) is 30.3 Å². The Hall–Kier alpha value is -1.70. The summed E-state index contributed by atoms with van der Waals surface area (Å²) in [7, 11) is 0.